The highest BCUT2D eigenvalue weighted by Gasteiger charge is 1.98. The van der Waals surface area contributed by atoms with Crippen molar-refractivity contribution in [2.75, 3.05) is 25.6 Å². The molecule has 100 valence electrons. The van der Waals surface area contributed by atoms with E-state index in [9.17, 15) is 4.39 Å². The number of halogens is 1. The molecule has 0 radical (unpaired) electrons. The van der Waals surface area contributed by atoms with Crippen LogP contribution in [0.15, 0.2) is 29.3 Å². The summed E-state index contributed by atoms with van der Waals surface area (Å²) in [5.41, 5.74) is 0.905. The lowest BCUT2D eigenvalue weighted by atomic mass is 10.2. The first-order chi connectivity index (χ1) is 8.76. The van der Waals surface area contributed by atoms with Gasteiger partial charge in [-0.3, -0.25) is 4.99 Å². The Morgan fingerprint density at radius 2 is 2.22 bits per heavy atom. The van der Waals surface area contributed by atoms with Crippen LogP contribution in [-0.2, 0) is 6.54 Å². The van der Waals surface area contributed by atoms with Crippen LogP contribution in [0.4, 0.5) is 4.39 Å². The fourth-order valence-corrected chi connectivity index (χ4v) is 1.91. The van der Waals surface area contributed by atoms with Crippen molar-refractivity contribution in [2.45, 2.75) is 13.0 Å². The summed E-state index contributed by atoms with van der Waals surface area (Å²) in [6, 6.07) is 6.56. The standard InChI is InChI=1S/C13H20FN3S/c1-15-13(16-7-4-8-18-2)17-10-11-5-3-6-12(14)9-11/h3,5-6,9H,4,7-8,10H2,1-2H3,(H2,15,16,17). The Morgan fingerprint density at radius 3 is 2.89 bits per heavy atom. The predicted octanol–water partition coefficient (Wildman–Crippen LogP) is 2.24. The van der Waals surface area contributed by atoms with Crippen LogP contribution >= 0.6 is 11.8 Å². The van der Waals surface area contributed by atoms with Gasteiger partial charge >= 0.3 is 0 Å². The zero-order valence-corrected chi connectivity index (χ0v) is 11.7. The molecule has 0 saturated heterocycles. The van der Waals surface area contributed by atoms with Crippen molar-refractivity contribution in [1.82, 2.24) is 10.6 Å². The van der Waals surface area contributed by atoms with Crippen molar-refractivity contribution in [1.29, 1.82) is 0 Å². The Labute approximate surface area is 112 Å². The number of hydrogen-bond acceptors (Lipinski definition) is 2. The van der Waals surface area contributed by atoms with E-state index in [1.807, 2.05) is 17.8 Å². The van der Waals surface area contributed by atoms with E-state index in [4.69, 9.17) is 0 Å². The molecule has 0 aliphatic rings. The van der Waals surface area contributed by atoms with Gasteiger partial charge in [-0.1, -0.05) is 12.1 Å². The summed E-state index contributed by atoms with van der Waals surface area (Å²) in [5.74, 6) is 1.67. The average Bonchev–Trinajstić information content (AvgIpc) is 2.38. The topological polar surface area (TPSA) is 36.4 Å². The normalized spacial score (nSPS) is 11.4. The Balaban J connectivity index is 2.31. The fraction of sp³-hybridized carbons (Fsp3) is 0.462. The van der Waals surface area contributed by atoms with Gasteiger partial charge in [-0.15, -0.1) is 0 Å². The monoisotopic (exact) mass is 269 g/mol. The van der Waals surface area contributed by atoms with E-state index in [1.54, 1.807) is 13.1 Å². The van der Waals surface area contributed by atoms with Crippen molar-refractivity contribution in [3.05, 3.63) is 35.6 Å². The van der Waals surface area contributed by atoms with Crippen molar-refractivity contribution in [2.24, 2.45) is 4.99 Å². The summed E-state index contributed by atoms with van der Waals surface area (Å²) in [6.07, 6.45) is 3.19. The second kappa shape index (κ2) is 8.80. The first kappa shape index (κ1) is 14.8. The van der Waals surface area contributed by atoms with Crippen LogP contribution in [0, 0.1) is 5.82 Å². The molecule has 18 heavy (non-hydrogen) atoms. The number of hydrogen-bond donors (Lipinski definition) is 2. The number of benzene rings is 1. The minimum atomic E-state index is -0.211. The lowest BCUT2D eigenvalue weighted by molar-refractivity contribution is 0.624. The van der Waals surface area contributed by atoms with E-state index in [-0.39, 0.29) is 5.82 Å². The largest absolute Gasteiger partial charge is 0.356 e. The summed E-state index contributed by atoms with van der Waals surface area (Å²) in [7, 11) is 1.73. The van der Waals surface area contributed by atoms with Gasteiger partial charge in [-0.2, -0.15) is 11.8 Å². The minimum Gasteiger partial charge on any atom is -0.356 e. The lowest BCUT2D eigenvalue weighted by Crippen LogP contribution is -2.37. The molecule has 0 unspecified atom stereocenters. The third kappa shape index (κ3) is 5.91. The number of aliphatic imine (C=N–C) groups is 1. The van der Waals surface area contributed by atoms with E-state index in [1.165, 1.54) is 12.1 Å². The van der Waals surface area contributed by atoms with E-state index < -0.39 is 0 Å². The van der Waals surface area contributed by atoms with Gasteiger partial charge in [0.15, 0.2) is 5.96 Å². The second-order valence-corrected chi connectivity index (χ2v) is 4.81. The molecule has 0 aromatic heterocycles. The van der Waals surface area contributed by atoms with Crippen LogP contribution in [0.1, 0.15) is 12.0 Å². The SMILES string of the molecule is CN=C(NCCCSC)NCc1cccc(F)c1. The average molecular weight is 269 g/mol. The number of thioether (sulfide) groups is 1. The number of nitrogens with one attached hydrogen (secondary N) is 2. The van der Waals surface area contributed by atoms with Gasteiger partial charge in [-0.25, -0.2) is 4.39 Å². The molecular formula is C13H20FN3S. The first-order valence-electron chi connectivity index (χ1n) is 5.94. The fourth-order valence-electron chi connectivity index (χ4n) is 1.48. The molecule has 1 aromatic rings. The van der Waals surface area contributed by atoms with Gasteiger partial charge in [-0.05, 0) is 36.1 Å². The van der Waals surface area contributed by atoms with Crippen molar-refractivity contribution < 1.29 is 4.39 Å². The van der Waals surface area contributed by atoms with Crippen LogP contribution in [0.3, 0.4) is 0 Å². The molecule has 0 aliphatic carbocycles. The van der Waals surface area contributed by atoms with Gasteiger partial charge in [0.1, 0.15) is 5.82 Å². The number of rotatable bonds is 6. The van der Waals surface area contributed by atoms with Gasteiger partial charge in [0.25, 0.3) is 0 Å². The highest BCUT2D eigenvalue weighted by atomic mass is 32.2. The smallest absolute Gasteiger partial charge is 0.191 e. The molecule has 0 atom stereocenters. The summed E-state index contributed by atoms with van der Waals surface area (Å²) >= 11 is 1.83. The van der Waals surface area contributed by atoms with Crippen LogP contribution < -0.4 is 10.6 Å². The summed E-state index contributed by atoms with van der Waals surface area (Å²) in [4.78, 5) is 4.12. The Kier molecular flexibility index (Phi) is 7.25. The summed E-state index contributed by atoms with van der Waals surface area (Å²) in [6.45, 7) is 1.46. The highest BCUT2D eigenvalue weighted by Crippen LogP contribution is 2.02. The Bertz CT molecular complexity index is 382. The second-order valence-electron chi connectivity index (χ2n) is 3.83. The molecule has 0 saturated carbocycles. The molecule has 1 rings (SSSR count). The van der Waals surface area contributed by atoms with Gasteiger partial charge in [0.05, 0.1) is 0 Å². The molecule has 0 amide bonds. The van der Waals surface area contributed by atoms with Crippen LogP contribution in [0.2, 0.25) is 0 Å². The lowest BCUT2D eigenvalue weighted by Gasteiger charge is -2.11. The Hall–Kier alpha value is -1.23. The Morgan fingerprint density at radius 1 is 1.39 bits per heavy atom. The molecule has 2 N–H and O–H groups in total. The molecule has 0 bridgehead atoms. The number of nitrogens with zero attached hydrogens (tertiary/aromatic N) is 1. The maximum atomic E-state index is 13.0. The van der Waals surface area contributed by atoms with E-state index in [0.717, 1.165) is 30.2 Å². The highest BCUT2D eigenvalue weighted by molar-refractivity contribution is 7.98. The third-order valence-corrected chi connectivity index (χ3v) is 3.09. The minimum absolute atomic E-state index is 0.211. The van der Waals surface area contributed by atoms with Crippen molar-refractivity contribution >= 4 is 17.7 Å². The van der Waals surface area contributed by atoms with E-state index in [0.29, 0.717) is 6.54 Å². The molecular weight excluding hydrogens is 249 g/mol. The molecule has 0 fully saturated rings. The molecule has 5 heteroatoms. The summed E-state index contributed by atoms with van der Waals surface area (Å²) < 4.78 is 13.0. The van der Waals surface area contributed by atoms with Crippen molar-refractivity contribution in [3.8, 4) is 0 Å². The van der Waals surface area contributed by atoms with Gasteiger partial charge in [0, 0.05) is 20.1 Å². The van der Waals surface area contributed by atoms with Gasteiger partial charge < -0.3 is 10.6 Å². The zero-order valence-electron chi connectivity index (χ0n) is 10.9. The maximum absolute atomic E-state index is 13.0. The van der Waals surface area contributed by atoms with Crippen LogP contribution in [0.25, 0.3) is 0 Å². The van der Waals surface area contributed by atoms with Crippen molar-refractivity contribution in [3.63, 3.8) is 0 Å². The van der Waals surface area contributed by atoms with E-state index in [2.05, 4.69) is 21.9 Å². The van der Waals surface area contributed by atoms with Crippen LogP contribution in [-0.4, -0.2) is 31.6 Å². The van der Waals surface area contributed by atoms with E-state index >= 15 is 0 Å². The zero-order chi connectivity index (χ0) is 13.2. The third-order valence-electron chi connectivity index (χ3n) is 2.39. The maximum Gasteiger partial charge on any atom is 0.191 e. The molecule has 1 aromatic carbocycles. The molecule has 0 aliphatic heterocycles. The molecule has 0 spiro atoms. The quantitative estimate of drug-likeness (QED) is 0.472. The predicted molar refractivity (Wildman–Crippen MR) is 77.6 cm³/mol. The number of guanidine groups is 1. The first-order valence-corrected chi connectivity index (χ1v) is 7.33. The molecule has 0 heterocycles. The van der Waals surface area contributed by atoms with Crippen LogP contribution in [0.5, 0.6) is 0 Å². The van der Waals surface area contributed by atoms with Gasteiger partial charge in [0.2, 0.25) is 0 Å². The summed E-state index contributed by atoms with van der Waals surface area (Å²) in [5, 5.41) is 6.38. The molecule has 3 nitrogen and oxygen atoms in total.